The van der Waals surface area contributed by atoms with E-state index in [9.17, 15) is 15.3 Å². The maximum absolute atomic E-state index is 9.74. The van der Waals surface area contributed by atoms with Crippen LogP contribution in [0.2, 0.25) is 0 Å². The van der Waals surface area contributed by atoms with Gasteiger partial charge in [0.25, 0.3) is 0 Å². The van der Waals surface area contributed by atoms with Gasteiger partial charge in [-0.25, -0.2) is 0 Å². The lowest BCUT2D eigenvalue weighted by molar-refractivity contribution is 0.365. The quantitative estimate of drug-likeness (QED) is 0.660. The summed E-state index contributed by atoms with van der Waals surface area (Å²) in [5.41, 5.74) is 2.76. The average molecular weight is 230 g/mol. The fourth-order valence-electron chi connectivity index (χ4n) is 2.02. The molecule has 17 heavy (non-hydrogen) atoms. The molecule has 0 heterocycles. The third-order valence-electron chi connectivity index (χ3n) is 2.97. The lowest BCUT2D eigenvalue weighted by Crippen LogP contribution is -1.90. The van der Waals surface area contributed by atoms with Crippen LogP contribution in [0.4, 0.5) is 0 Å². The van der Waals surface area contributed by atoms with Gasteiger partial charge < -0.3 is 15.3 Å². The molecule has 0 aliphatic rings. The van der Waals surface area contributed by atoms with Gasteiger partial charge in [0, 0.05) is 11.1 Å². The minimum atomic E-state index is -0.459. The summed E-state index contributed by atoms with van der Waals surface area (Å²) in [5.74, 6) is -1.00. The molecule has 0 aromatic heterocycles. The second kappa shape index (κ2) is 4.01. The number of phenolic OH excluding ortho intramolecular Hbond substituents is 3. The summed E-state index contributed by atoms with van der Waals surface area (Å²) in [6, 6.07) is 9.45. The summed E-state index contributed by atoms with van der Waals surface area (Å²) in [6.07, 6.45) is 0. The van der Waals surface area contributed by atoms with Crippen LogP contribution in [0, 0.1) is 13.8 Å². The molecule has 0 saturated heterocycles. The SMILES string of the molecule is Cc1c(O)c(O)c(O)c(C)c1-c1ccccc1. The zero-order valence-electron chi connectivity index (χ0n) is 9.73. The second-order valence-electron chi connectivity index (χ2n) is 4.04. The van der Waals surface area contributed by atoms with Crippen molar-refractivity contribution in [3.63, 3.8) is 0 Å². The first kappa shape index (κ1) is 11.3. The monoisotopic (exact) mass is 230 g/mol. The summed E-state index contributed by atoms with van der Waals surface area (Å²) < 4.78 is 0. The fourth-order valence-corrected chi connectivity index (χ4v) is 2.02. The van der Waals surface area contributed by atoms with E-state index in [4.69, 9.17) is 0 Å². The second-order valence-corrected chi connectivity index (χ2v) is 4.04. The van der Waals surface area contributed by atoms with Gasteiger partial charge >= 0.3 is 0 Å². The molecule has 0 aliphatic heterocycles. The Morgan fingerprint density at radius 2 is 1.18 bits per heavy atom. The highest BCUT2D eigenvalue weighted by Crippen LogP contribution is 2.46. The molecule has 3 heteroatoms. The Kier molecular flexibility index (Phi) is 2.68. The lowest BCUT2D eigenvalue weighted by Gasteiger charge is -2.15. The number of rotatable bonds is 1. The molecule has 0 bridgehead atoms. The van der Waals surface area contributed by atoms with Crippen molar-refractivity contribution >= 4 is 0 Å². The molecule has 3 N–H and O–H groups in total. The lowest BCUT2D eigenvalue weighted by atomic mass is 9.94. The molecule has 0 saturated carbocycles. The molecular weight excluding hydrogens is 216 g/mol. The molecule has 0 amide bonds. The van der Waals surface area contributed by atoms with Crippen molar-refractivity contribution in [2.45, 2.75) is 13.8 Å². The molecule has 3 nitrogen and oxygen atoms in total. The van der Waals surface area contributed by atoms with Crippen LogP contribution in [0.5, 0.6) is 17.2 Å². The fraction of sp³-hybridized carbons (Fsp3) is 0.143. The molecule has 0 aliphatic carbocycles. The molecular formula is C14H14O3. The summed E-state index contributed by atoms with van der Waals surface area (Å²) in [5, 5.41) is 29.0. The van der Waals surface area contributed by atoms with Crippen molar-refractivity contribution in [1.82, 2.24) is 0 Å². The maximum atomic E-state index is 9.74. The third-order valence-corrected chi connectivity index (χ3v) is 2.97. The molecule has 0 spiro atoms. The van der Waals surface area contributed by atoms with Crippen LogP contribution in [0.3, 0.4) is 0 Å². The Morgan fingerprint density at radius 3 is 1.65 bits per heavy atom. The van der Waals surface area contributed by atoms with E-state index in [-0.39, 0.29) is 11.5 Å². The van der Waals surface area contributed by atoms with Crippen LogP contribution >= 0.6 is 0 Å². The average Bonchev–Trinajstić information content (AvgIpc) is 2.36. The van der Waals surface area contributed by atoms with Crippen LogP contribution in [0.15, 0.2) is 30.3 Å². The van der Waals surface area contributed by atoms with Crippen molar-refractivity contribution < 1.29 is 15.3 Å². The largest absolute Gasteiger partial charge is 0.504 e. The highest BCUT2D eigenvalue weighted by Gasteiger charge is 2.18. The van der Waals surface area contributed by atoms with Gasteiger partial charge in [-0.05, 0) is 25.0 Å². The molecule has 0 radical (unpaired) electrons. The number of benzene rings is 2. The minimum absolute atomic E-state index is 0.271. The first-order chi connectivity index (χ1) is 8.04. The summed E-state index contributed by atoms with van der Waals surface area (Å²) in [6.45, 7) is 3.42. The normalized spacial score (nSPS) is 10.5. The van der Waals surface area contributed by atoms with Crippen LogP contribution in [-0.2, 0) is 0 Å². The number of hydrogen-bond donors (Lipinski definition) is 3. The number of hydrogen-bond acceptors (Lipinski definition) is 3. The first-order valence-electron chi connectivity index (χ1n) is 5.33. The maximum Gasteiger partial charge on any atom is 0.200 e. The van der Waals surface area contributed by atoms with E-state index in [0.29, 0.717) is 11.1 Å². The van der Waals surface area contributed by atoms with Gasteiger partial charge in [0.1, 0.15) is 0 Å². The van der Waals surface area contributed by atoms with Gasteiger partial charge in [-0.3, -0.25) is 0 Å². The standard InChI is InChI=1S/C14H14O3/c1-8-11(10-6-4-3-5-7-10)9(2)13(16)14(17)12(8)15/h3-7,15-17H,1-2H3. The molecule has 0 atom stereocenters. The van der Waals surface area contributed by atoms with Gasteiger partial charge in [-0.1, -0.05) is 30.3 Å². The van der Waals surface area contributed by atoms with Crippen LogP contribution in [-0.4, -0.2) is 15.3 Å². The molecule has 0 unspecified atom stereocenters. The Labute approximate surface area is 99.6 Å². The van der Waals surface area contributed by atoms with E-state index < -0.39 is 5.75 Å². The number of phenols is 3. The highest BCUT2D eigenvalue weighted by atomic mass is 16.3. The smallest absolute Gasteiger partial charge is 0.200 e. The Morgan fingerprint density at radius 1 is 0.706 bits per heavy atom. The highest BCUT2D eigenvalue weighted by molar-refractivity contribution is 5.78. The molecule has 2 rings (SSSR count). The van der Waals surface area contributed by atoms with Crippen LogP contribution < -0.4 is 0 Å². The zero-order chi connectivity index (χ0) is 12.6. The van der Waals surface area contributed by atoms with Gasteiger partial charge in [0.05, 0.1) is 0 Å². The topological polar surface area (TPSA) is 60.7 Å². The van der Waals surface area contributed by atoms with Crippen LogP contribution in [0.1, 0.15) is 11.1 Å². The van der Waals surface area contributed by atoms with Crippen molar-refractivity contribution in [3.05, 3.63) is 41.5 Å². The summed E-state index contributed by atoms with van der Waals surface area (Å²) in [4.78, 5) is 0. The van der Waals surface area contributed by atoms with Gasteiger partial charge in [-0.2, -0.15) is 0 Å². The van der Waals surface area contributed by atoms with Crippen LogP contribution in [0.25, 0.3) is 11.1 Å². The Bertz CT molecular complexity index is 530. The van der Waals surface area contributed by atoms with E-state index in [2.05, 4.69) is 0 Å². The van der Waals surface area contributed by atoms with Crippen molar-refractivity contribution in [1.29, 1.82) is 0 Å². The molecule has 0 fully saturated rings. The summed E-state index contributed by atoms with van der Waals surface area (Å²) in [7, 11) is 0. The van der Waals surface area contributed by atoms with E-state index in [0.717, 1.165) is 11.1 Å². The zero-order valence-corrected chi connectivity index (χ0v) is 9.73. The predicted molar refractivity (Wildman–Crippen MR) is 66.3 cm³/mol. The van der Waals surface area contributed by atoms with Crippen molar-refractivity contribution in [2.24, 2.45) is 0 Å². The molecule has 2 aromatic carbocycles. The molecule has 2 aromatic rings. The van der Waals surface area contributed by atoms with Gasteiger partial charge in [0.15, 0.2) is 11.5 Å². The minimum Gasteiger partial charge on any atom is -0.504 e. The van der Waals surface area contributed by atoms with E-state index >= 15 is 0 Å². The van der Waals surface area contributed by atoms with Gasteiger partial charge in [-0.15, -0.1) is 0 Å². The van der Waals surface area contributed by atoms with Crippen molar-refractivity contribution in [2.75, 3.05) is 0 Å². The van der Waals surface area contributed by atoms with E-state index in [1.165, 1.54) is 0 Å². The van der Waals surface area contributed by atoms with E-state index in [1.54, 1.807) is 13.8 Å². The first-order valence-corrected chi connectivity index (χ1v) is 5.33. The number of aromatic hydroxyl groups is 3. The molecule has 88 valence electrons. The summed E-state index contributed by atoms with van der Waals surface area (Å²) >= 11 is 0. The van der Waals surface area contributed by atoms with Gasteiger partial charge in [0.2, 0.25) is 5.75 Å². The predicted octanol–water partition coefficient (Wildman–Crippen LogP) is 3.09. The Hall–Kier alpha value is -2.16. The third kappa shape index (κ3) is 1.69. The Balaban J connectivity index is 2.80. The van der Waals surface area contributed by atoms with Crippen molar-refractivity contribution in [3.8, 4) is 28.4 Å². The van der Waals surface area contributed by atoms with E-state index in [1.807, 2.05) is 30.3 Å².